The molecule has 2 amide bonds. The normalized spacial score (nSPS) is 15.7. The highest BCUT2D eigenvalue weighted by Gasteiger charge is 2.31. The number of carbonyl (C=O) groups excluding carboxylic acids is 1. The number of nitrogens with one attached hydrogen (secondary N) is 2. The number of amides is 2. The lowest BCUT2D eigenvalue weighted by Crippen LogP contribution is -2.41. The molecule has 8 heteroatoms. The molecular formula is C23H24Cl2N4O2. The number of hydrogen-bond acceptors (Lipinski definition) is 3. The number of para-hydroxylation sites is 1. The molecule has 1 aromatic heterocycles. The number of fused-ring (bicyclic) bond motifs is 1. The number of urea groups is 1. The number of halogens is 2. The van der Waals surface area contributed by atoms with Crippen LogP contribution in [-0.2, 0) is 0 Å². The molecule has 6 nitrogen and oxygen atoms in total. The molecule has 162 valence electrons. The van der Waals surface area contributed by atoms with E-state index in [1.807, 2.05) is 62.4 Å². The van der Waals surface area contributed by atoms with Gasteiger partial charge in [-0.3, -0.25) is 0 Å². The fourth-order valence-corrected chi connectivity index (χ4v) is 3.99. The second-order valence-electron chi connectivity index (χ2n) is 7.75. The average molecular weight is 459 g/mol. The minimum absolute atomic E-state index is 0.0341. The van der Waals surface area contributed by atoms with Crippen LogP contribution >= 0.6 is 23.2 Å². The SMILES string of the molecule is CC(C)NC(=O)NC1CCCOc2c1nn(-c1ccccc1Cl)c2-c1ccc(Cl)cc1. The molecule has 1 aliphatic heterocycles. The zero-order chi connectivity index (χ0) is 22.0. The molecule has 2 N–H and O–H groups in total. The molecule has 0 saturated heterocycles. The molecular weight excluding hydrogens is 435 g/mol. The molecule has 4 rings (SSSR count). The lowest BCUT2D eigenvalue weighted by Gasteiger charge is -2.17. The first-order valence-corrected chi connectivity index (χ1v) is 11.0. The summed E-state index contributed by atoms with van der Waals surface area (Å²) in [6, 6.07) is 14.5. The topological polar surface area (TPSA) is 68.2 Å². The molecule has 2 aromatic carbocycles. The molecule has 3 aromatic rings. The van der Waals surface area contributed by atoms with E-state index < -0.39 is 0 Å². The minimum atomic E-state index is -0.286. The van der Waals surface area contributed by atoms with Crippen LogP contribution in [0, 0.1) is 0 Å². The van der Waals surface area contributed by atoms with Crippen molar-refractivity contribution in [3.05, 3.63) is 64.3 Å². The van der Waals surface area contributed by atoms with E-state index in [9.17, 15) is 4.79 Å². The summed E-state index contributed by atoms with van der Waals surface area (Å²) in [5.41, 5.74) is 3.08. The molecule has 2 heterocycles. The molecule has 31 heavy (non-hydrogen) atoms. The maximum absolute atomic E-state index is 12.4. The van der Waals surface area contributed by atoms with Gasteiger partial charge in [-0.25, -0.2) is 9.48 Å². The Kier molecular flexibility index (Phi) is 6.39. The molecule has 1 aliphatic rings. The van der Waals surface area contributed by atoms with Crippen molar-refractivity contribution in [1.29, 1.82) is 0 Å². The smallest absolute Gasteiger partial charge is 0.315 e. The molecule has 0 spiro atoms. The van der Waals surface area contributed by atoms with Gasteiger partial charge in [0.1, 0.15) is 11.4 Å². The van der Waals surface area contributed by atoms with Crippen molar-refractivity contribution in [2.24, 2.45) is 0 Å². The summed E-state index contributed by atoms with van der Waals surface area (Å²) in [6.07, 6.45) is 1.52. The van der Waals surface area contributed by atoms with Gasteiger partial charge >= 0.3 is 6.03 Å². The Morgan fingerprint density at radius 2 is 1.90 bits per heavy atom. The van der Waals surface area contributed by atoms with Crippen LogP contribution in [0.1, 0.15) is 38.4 Å². The predicted molar refractivity (Wildman–Crippen MR) is 123 cm³/mol. The molecule has 1 atom stereocenters. The van der Waals surface area contributed by atoms with Gasteiger partial charge in [-0.05, 0) is 51.0 Å². The number of aromatic nitrogens is 2. The predicted octanol–water partition coefficient (Wildman–Crippen LogP) is 5.77. The molecule has 0 aliphatic carbocycles. The van der Waals surface area contributed by atoms with Gasteiger partial charge in [0, 0.05) is 16.6 Å². The standard InChI is InChI=1S/C23H24Cl2N4O2/c1-14(2)26-23(30)27-18-7-5-13-31-22-20(18)28-29(19-8-4-3-6-17(19)25)21(22)15-9-11-16(24)12-10-15/h3-4,6,8-12,14,18H,5,7,13H2,1-2H3,(H2,26,27,30). The van der Waals surface area contributed by atoms with Gasteiger partial charge in [-0.2, -0.15) is 5.10 Å². The van der Waals surface area contributed by atoms with E-state index in [0.717, 1.165) is 29.8 Å². The highest BCUT2D eigenvalue weighted by Crippen LogP contribution is 2.42. The van der Waals surface area contributed by atoms with Crippen molar-refractivity contribution in [3.8, 4) is 22.7 Å². The third-order valence-electron chi connectivity index (χ3n) is 5.00. The lowest BCUT2D eigenvalue weighted by molar-refractivity contribution is 0.233. The summed E-state index contributed by atoms with van der Waals surface area (Å²) < 4.78 is 7.96. The number of benzene rings is 2. The van der Waals surface area contributed by atoms with E-state index in [0.29, 0.717) is 28.1 Å². The van der Waals surface area contributed by atoms with Crippen molar-refractivity contribution >= 4 is 29.2 Å². The van der Waals surface area contributed by atoms with Crippen LogP contribution in [0.4, 0.5) is 4.79 Å². The Labute approximate surface area is 191 Å². The molecule has 0 bridgehead atoms. The zero-order valence-electron chi connectivity index (χ0n) is 17.4. The third kappa shape index (κ3) is 4.65. The summed E-state index contributed by atoms with van der Waals surface area (Å²) >= 11 is 12.6. The Balaban J connectivity index is 1.86. The molecule has 0 radical (unpaired) electrons. The van der Waals surface area contributed by atoms with Crippen molar-refractivity contribution < 1.29 is 9.53 Å². The van der Waals surface area contributed by atoms with E-state index in [-0.39, 0.29) is 18.1 Å². The van der Waals surface area contributed by atoms with Gasteiger partial charge in [0.15, 0.2) is 5.75 Å². The van der Waals surface area contributed by atoms with Crippen LogP contribution in [0.25, 0.3) is 16.9 Å². The van der Waals surface area contributed by atoms with E-state index in [4.69, 9.17) is 33.0 Å². The second-order valence-corrected chi connectivity index (χ2v) is 8.59. The average Bonchev–Trinajstić information content (AvgIpc) is 2.99. The van der Waals surface area contributed by atoms with Crippen molar-refractivity contribution in [2.75, 3.05) is 6.61 Å². The number of hydrogen-bond donors (Lipinski definition) is 2. The fraction of sp³-hybridized carbons (Fsp3) is 0.304. The van der Waals surface area contributed by atoms with Gasteiger partial charge in [-0.1, -0.05) is 47.5 Å². The summed E-state index contributed by atoms with van der Waals surface area (Å²) in [6.45, 7) is 4.38. The largest absolute Gasteiger partial charge is 0.489 e. The van der Waals surface area contributed by atoms with Gasteiger partial charge in [0.05, 0.1) is 23.4 Å². The lowest BCUT2D eigenvalue weighted by atomic mass is 10.1. The quantitative estimate of drug-likeness (QED) is 0.521. The zero-order valence-corrected chi connectivity index (χ0v) is 18.9. The maximum Gasteiger partial charge on any atom is 0.315 e. The monoisotopic (exact) mass is 458 g/mol. The first kappa shape index (κ1) is 21.5. The summed E-state index contributed by atoms with van der Waals surface area (Å²) in [5, 5.41) is 12.0. The third-order valence-corrected chi connectivity index (χ3v) is 5.58. The van der Waals surface area contributed by atoms with Gasteiger partial charge in [-0.15, -0.1) is 0 Å². The van der Waals surface area contributed by atoms with Crippen molar-refractivity contribution in [3.63, 3.8) is 0 Å². The van der Waals surface area contributed by atoms with Crippen LogP contribution in [0.2, 0.25) is 10.0 Å². The number of ether oxygens (including phenoxy) is 1. The van der Waals surface area contributed by atoms with Crippen molar-refractivity contribution in [2.45, 2.75) is 38.8 Å². The molecule has 0 saturated carbocycles. The Morgan fingerprint density at radius 1 is 1.16 bits per heavy atom. The first-order valence-electron chi connectivity index (χ1n) is 10.3. The van der Waals surface area contributed by atoms with E-state index in [1.54, 1.807) is 4.68 Å². The molecule has 1 unspecified atom stereocenters. The van der Waals surface area contributed by atoms with Crippen LogP contribution in [-0.4, -0.2) is 28.5 Å². The second kappa shape index (κ2) is 9.20. The Bertz CT molecular complexity index is 1080. The summed E-state index contributed by atoms with van der Waals surface area (Å²) in [7, 11) is 0. The van der Waals surface area contributed by atoms with Gasteiger partial charge in [0.25, 0.3) is 0 Å². The summed E-state index contributed by atoms with van der Waals surface area (Å²) in [5.74, 6) is 0.648. The number of rotatable bonds is 4. The van der Waals surface area contributed by atoms with Crippen LogP contribution in [0.15, 0.2) is 48.5 Å². The first-order chi connectivity index (χ1) is 14.9. The van der Waals surface area contributed by atoms with Crippen LogP contribution < -0.4 is 15.4 Å². The van der Waals surface area contributed by atoms with Crippen LogP contribution in [0.5, 0.6) is 5.75 Å². The summed E-state index contributed by atoms with van der Waals surface area (Å²) in [4.78, 5) is 12.4. The van der Waals surface area contributed by atoms with Crippen LogP contribution in [0.3, 0.4) is 0 Å². The maximum atomic E-state index is 12.4. The van der Waals surface area contributed by atoms with Gasteiger partial charge in [0.2, 0.25) is 0 Å². The minimum Gasteiger partial charge on any atom is -0.489 e. The van der Waals surface area contributed by atoms with E-state index >= 15 is 0 Å². The van der Waals surface area contributed by atoms with E-state index in [1.165, 1.54) is 0 Å². The fourth-order valence-electron chi connectivity index (χ4n) is 3.65. The van der Waals surface area contributed by atoms with Crippen molar-refractivity contribution in [1.82, 2.24) is 20.4 Å². The molecule has 0 fully saturated rings. The van der Waals surface area contributed by atoms with Gasteiger partial charge < -0.3 is 15.4 Å². The highest BCUT2D eigenvalue weighted by atomic mass is 35.5. The number of nitrogens with zero attached hydrogens (tertiary/aromatic N) is 2. The Hall–Kier alpha value is -2.70. The highest BCUT2D eigenvalue weighted by molar-refractivity contribution is 6.32. The Morgan fingerprint density at radius 3 is 2.61 bits per heavy atom. The number of carbonyl (C=O) groups is 1. The van der Waals surface area contributed by atoms with E-state index in [2.05, 4.69) is 10.6 Å².